The van der Waals surface area contributed by atoms with E-state index in [0.717, 1.165) is 26.1 Å². The molecule has 19 heavy (non-hydrogen) atoms. The average molecular weight is 270 g/mol. The van der Waals surface area contributed by atoms with Crippen molar-refractivity contribution in [3.05, 3.63) is 0 Å². The number of nitrogens with one attached hydrogen (secondary N) is 1. The third kappa shape index (κ3) is 6.81. The molecular weight excluding hydrogens is 240 g/mol. The molecule has 0 aromatic carbocycles. The van der Waals surface area contributed by atoms with Crippen LogP contribution in [0.3, 0.4) is 0 Å². The SMILES string of the molecule is CNCCCCC1CCCN(C(=O)OC(C)(C)C)C1. The van der Waals surface area contributed by atoms with Gasteiger partial charge in [-0.15, -0.1) is 0 Å². The van der Waals surface area contributed by atoms with Gasteiger partial charge in [0.25, 0.3) is 0 Å². The molecule has 4 nitrogen and oxygen atoms in total. The first kappa shape index (κ1) is 16.3. The van der Waals surface area contributed by atoms with Gasteiger partial charge in [-0.3, -0.25) is 0 Å². The quantitative estimate of drug-likeness (QED) is 0.781. The van der Waals surface area contributed by atoms with Crippen molar-refractivity contribution in [2.45, 2.75) is 58.5 Å². The van der Waals surface area contributed by atoms with Crippen LogP contribution in [0.4, 0.5) is 4.79 Å². The van der Waals surface area contributed by atoms with Crippen LogP contribution in [0.1, 0.15) is 52.9 Å². The molecule has 1 heterocycles. The number of unbranched alkanes of at least 4 members (excludes halogenated alkanes) is 1. The second kappa shape index (κ2) is 7.73. The zero-order valence-corrected chi connectivity index (χ0v) is 13.0. The minimum atomic E-state index is -0.392. The molecule has 1 unspecified atom stereocenters. The van der Waals surface area contributed by atoms with Crippen molar-refractivity contribution in [1.29, 1.82) is 0 Å². The van der Waals surface area contributed by atoms with E-state index in [9.17, 15) is 4.79 Å². The zero-order chi connectivity index (χ0) is 14.3. The predicted molar refractivity (Wildman–Crippen MR) is 78.3 cm³/mol. The maximum atomic E-state index is 12.0. The Kier molecular flexibility index (Phi) is 6.63. The topological polar surface area (TPSA) is 41.6 Å². The third-order valence-electron chi connectivity index (χ3n) is 3.46. The maximum Gasteiger partial charge on any atom is 0.410 e. The first-order chi connectivity index (χ1) is 8.92. The van der Waals surface area contributed by atoms with Crippen LogP contribution in [0.2, 0.25) is 0 Å². The fourth-order valence-electron chi connectivity index (χ4n) is 2.53. The van der Waals surface area contributed by atoms with E-state index in [2.05, 4.69) is 5.32 Å². The van der Waals surface area contributed by atoms with Gasteiger partial charge in [0.2, 0.25) is 0 Å². The molecular formula is C15H30N2O2. The first-order valence-electron chi connectivity index (χ1n) is 7.55. The van der Waals surface area contributed by atoms with E-state index in [0.29, 0.717) is 5.92 Å². The molecule has 1 saturated heterocycles. The average Bonchev–Trinajstić information content (AvgIpc) is 2.33. The predicted octanol–water partition coefficient (Wildman–Crippen LogP) is 3.02. The lowest BCUT2D eigenvalue weighted by Crippen LogP contribution is -2.42. The molecule has 112 valence electrons. The summed E-state index contributed by atoms with van der Waals surface area (Å²) in [5.41, 5.74) is -0.392. The second-order valence-corrected chi connectivity index (χ2v) is 6.53. The number of amides is 1. The van der Waals surface area contributed by atoms with Crippen molar-refractivity contribution < 1.29 is 9.53 Å². The van der Waals surface area contributed by atoms with Crippen molar-refractivity contribution in [1.82, 2.24) is 10.2 Å². The fraction of sp³-hybridized carbons (Fsp3) is 0.933. The van der Waals surface area contributed by atoms with Gasteiger partial charge in [0.05, 0.1) is 0 Å². The summed E-state index contributed by atoms with van der Waals surface area (Å²) >= 11 is 0. The van der Waals surface area contributed by atoms with Crippen LogP contribution in [0.25, 0.3) is 0 Å². The molecule has 0 aliphatic carbocycles. The van der Waals surface area contributed by atoms with Crippen molar-refractivity contribution in [3.63, 3.8) is 0 Å². The number of hydrogen-bond acceptors (Lipinski definition) is 3. The number of ether oxygens (including phenoxy) is 1. The molecule has 1 amide bonds. The van der Waals surface area contributed by atoms with Gasteiger partial charge in [-0.25, -0.2) is 4.79 Å². The minimum Gasteiger partial charge on any atom is -0.444 e. The van der Waals surface area contributed by atoms with Crippen LogP contribution in [0.15, 0.2) is 0 Å². The van der Waals surface area contributed by atoms with Gasteiger partial charge in [-0.05, 0) is 66.0 Å². The summed E-state index contributed by atoms with van der Waals surface area (Å²) in [6, 6.07) is 0. The molecule has 4 heteroatoms. The standard InChI is InChI=1S/C15H30N2O2/c1-15(2,3)19-14(18)17-11-7-9-13(12-17)8-5-6-10-16-4/h13,16H,5-12H2,1-4H3. The van der Waals surface area contributed by atoms with E-state index in [1.807, 2.05) is 32.7 Å². The molecule has 0 bridgehead atoms. The van der Waals surface area contributed by atoms with Gasteiger partial charge in [0.15, 0.2) is 0 Å². The maximum absolute atomic E-state index is 12.0. The number of piperidine rings is 1. The van der Waals surface area contributed by atoms with E-state index >= 15 is 0 Å². The molecule has 0 saturated carbocycles. The van der Waals surface area contributed by atoms with Crippen LogP contribution >= 0.6 is 0 Å². The number of hydrogen-bond donors (Lipinski definition) is 1. The Morgan fingerprint density at radius 3 is 2.74 bits per heavy atom. The second-order valence-electron chi connectivity index (χ2n) is 6.53. The summed E-state index contributed by atoms with van der Waals surface area (Å²) in [6.07, 6.45) is 5.90. The highest BCUT2D eigenvalue weighted by Crippen LogP contribution is 2.23. The van der Waals surface area contributed by atoms with Crippen LogP contribution in [0.5, 0.6) is 0 Å². The summed E-state index contributed by atoms with van der Waals surface area (Å²) in [5, 5.41) is 3.17. The lowest BCUT2D eigenvalue weighted by atomic mass is 9.93. The van der Waals surface area contributed by atoms with Crippen LogP contribution in [-0.4, -0.2) is 43.3 Å². The summed E-state index contributed by atoms with van der Waals surface area (Å²) in [7, 11) is 1.99. The largest absolute Gasteiger partial charge is 0.444 e. The Balaban J connectivity index is 2.31. The van der Waals surface area contributed by atoms with Gasteiger partial charge in [-0.1, -0.05) is 6.42 Å². The summed E-state index contributed by atoms with van der Waals surface area (Å²) in [6.45, 7) is 8.57. The molecule has 1 aliphatic heterocycles. The fourth-order valence-corrected chi connectivity index (χ4v) is 2.53. The highest BCUT2D eigenvalue weighted by Gasteiger charge is 2.27. The molecule has 1 N–H and O–H groups in total. The Bertz CT molecular complexity index is 274. The third-order valence-corrected chi connectivity index (χ3v) is 3.46. The van der Waals surface area contributed by atoms with Gasteiger partial charge in [0, 0.05) is 13.1 Å². The van der Waals surface area contributed by atoms with Crippen LogP contribution < -0.4 is 5.32 Å². The van der Waals surface area contributed by atoms with Crippen LogP contribution in [0, 0.1) is 5.92 Å². The van der Waals surface area contributed by atoms with Crippen molar-refractivity contribution >= 4 is 6.09 Å². The van der Waals surface area contributed by atoms with Gasteiger partial charge < -0.3 is 15.0 Å². The summed E-state index contributed by atoms with van der Waals surface area (Å²) < 4.78 is 5.45. The number of likely N-dealkylation sites (tertiary alicyclic amines) is 1. The van der Waals surface area contributed by atoms with Crippen molar-refractivity contribution in [2.75, 3.05) is 26.7 Å². The summed E-state index contributed by atoms with van der Waals surface area (Å²) in [4.78, 5) is 13.9. The lowest BCUT2D eigenvalue weighted by Gasteiger charge is -2.34. The van der Waals surface area contributed by atoms with Gasteiger partial charge in [0.1, 0.15) is 5.60 Å². The Hall–Kier alpha value is -0.770. The molecule has 0 aromatic heterocycles. The first-order valence-corrected chi connectivity index (χ1v) is 7.55. The monoisotopic (exact) mass is 270 g/mol. The Labute approximate surface area is 117 Å². The van der Waals surface area contributed by atoms with E-state index in [4.69, 9.17) is 4.74 Å². The smallest absolute Gasteiger partial charge is 0.410 e. The number of nitrogens with zero attached hydrogens (tertiary/aromatic N) is 1. The van der Waals surface area contributed by atoms with Crippen molar-refractivity contribution in [2.24, 2.45) is 5.92 Å². The van der Waals surface area contributed by atoms with Crippen LogP contribution in [-0.2, 0) is 4.74 Å². The normalized spacial score (nSPS) is 20.4. The number of carbonyl (C=O) groups is 1. The summed E-state index contributed by atoms with van der Waals surface area (Å²) in [5.74, 6) is 0.651. The van der Waals surface area contributed by atoms with E-state index < -0.39 is 5.60 Å². The molecule has 1 rings (SSSR count). The number of carbonyl (C=O) groups excluding carboxylic acids is 1. The Morgan fingerprint density at radius 2 is 2.11 bits per heavy atom. The minimum absolute atomic E-state index is 0.146. The number of rotatable bonds is 5. The highest BCUT2D eigenvalue weighted by molar-refractivity contribution is 5.68. The zero-order valence-electron chi connectivity index (χ0n) is 13.0. The molecule has 0 spiro atoms. The molecule has 1 fully saturated rings. The van der Waals surface area contributed by atoms with Crippen molar-refractivity contribution in [3.8, 4) is 0 Å². The van der Waals surface area contributed by atoms with Gasteiger partial charge in [-0.2, -0.15) is 0 Å². The lowest BCUT2D eigenvalue weighted by molar-refractivity contribution is 0.0160. The van der Waals surface area contributed by atoms with E-state index in [1.54, 1.807) is 0 Å². The van der Waals surface area contributed by atoms with E-state index in [1.165, 1.54) is 25.7 Å². The molecule has 0 aromatic rings. The molecule has 1 atom stereocenters. The van der Waals surface area contributed by atoms with Gasteiger partial charge >= 0.3 is 6.09 Å². The molecule has 1 aliphatic rings. The Morgan fingerprint density at radius 1 is 1.37 bits per heavy atom. The highest BCUT2D eigenvalue weighted by atomic mass is 16.6. The molecule has 0 radical (unpaired) electrons. The van der Waals surface area contributed by atoms with E-state index in [-0.39, 0.29) is 6.09 Å².